The van der Waals surface area contributed by atoms with Gasteiger partial charge in [0.15, 0.2) is 0 Å². The number of carboxylic acid groups (broad SMARTS) is 1. The van der Waals surface area contributed by atoms with Crippen LogP contribution in [0.4, 0.5) is 4.79 Å². The quantitative estimate of drug-likeness (QED) is 0.800. The van der Waals surface area contributed by atoms with Crippen molar-refractivity contribution in [3.05, 3.63) is 0 Å². The number of carboxylic acids is 1. The largest absolute Gasteiger partial charge is 0.481 e. The Morgan fingerprint density at radius 1 is 1.29 bits per heavy atom. The summed E-state index contributed by atoms with van der Waals surface area (Å²) < 4.78 is 0. The van der Waals surface area contributed by atoms with Gasteiger partial charge in [0.1, 0.15) is 0 Å². The molecule has 1 atom stereocenters. The zero-order valence-electron chi connectivity index (χ0n) is 13.0. The van der Waals surface area contributed by atoms with Crippen LogP contribution in [0, 0.1) is 11.8 Å². The van der Waals surface area contributed by atoms with Crippen molar-refractivity contribution in [2.75, 3.05) is 32.7 Å². The zero-order chi connectivity index (χ0) is 15.4. The molecule has 2 fully saturated rings. The van der Waals surface area contributed by atoms with Crippen molar-refractivity contribution < 1.29 is 14.7 Å². The molecule has 2 rings (SSSR count). The van der Waals surface area contributed by atoms with Gasteiger partial charge in [0, 0.05) is 38.1 Å². The van der Waals surface area contributed by atoms with Gasteiger partial charge in [-0.15, -0.1) is 0 Å². The molecule has 120 valence electrons. The maximum atomic E-state index is 12.1. The molecule has 2 heterocycles. The Labute approximate surface area is 126 Å². The third-order valence-corrected chi connectivity index (χ3v) is 4.75. The van der Waals surface area contributed by atoms with E-state index in [1.807, 2.05) is 0 Å². The predicted octanol–water partition coefficient (Wildman–Crippen LogP) is 1.22. The maximum absolute atomic E-state index is 12.1. The number of nitrogens with one attached hydrogen (secondary N) is 1. The number of aliphatic carboxylic acids is 1. The summed E-state index contributed by atoms with van der Waals surface area (Å²) in [5, 5.41) is 12.0. The van der Waals surface area contributed by atoms with Crippen molar-refractivity contribution in [2.24, 2.45) is 11.8 Å². The first-order valence-electron chi connectivity index (χ1n) is 8.01. The van der Waals surface area contributed by atoms with Crippen molar-refractivity contribution >= 4 is 12.0 Å². The lowest BCUT2D eigenvalue weighted by Crippen LogP contribution is -2.58. The van der Waals surface area contributed by atoms with Gasteiger partial charge in [-0.05, 0) is 25.8 Å². The minimum absolute atomic E-state index is 0.0298. The van der Waals surface area contributed by atoms with E-state index in [0.717, 1.165) is 32.5 Å². The summed E-state index contributed by atoms with van der Waals surface area (Å²) in [5.41, 5.74) is 0. The molecular weight excluding hydrogens is 270 g/mol. The van der Waals surface area contributed by atoms with Crippen LogP contribution in [0.3, 0.4) is 0 Å². The van der Waals surface area contributed by atoms with E-state index >= 15 is 0 Å². The van der Waals surface area contributed by atoms with Crippen molar-refractivity contribution in [3.8, 4) is 0 Å². The number of nitrogens with zero attached hydrogens (tertiary/aromatic N) is 2. The lowest BCUT2D eigenvalue weighted by Gasteiger charge is -2.42. The molecule has 21 heavy (non-hydrogen) atoms. The van der Waals surface area contributed by atoms with E-state index in [2.05, 4.69) is 17.1 Å². The van der Waals surface area contributed by atoms with E-state index in [1.54, 1.807) is 11.8 Å². The first-order valence-corrected chi connectivity index (χ1v) is 8.01. The van der Waals surface area contributed by atoms with Crippen molar-refractivity contribution in [2.45, 2.75) is 39.2 Å². The van der Waals surface area contributed by atoms with E-state index in [4.69, 9.17) is 5.11 Å². The Kier molecular flexibility index (Phi) is 5.45. The molecule has 0 aromatic carbocycles. The van der Waals surface area contributed by atoms with Gasteiger partial charge in [-0.3, -0.25) is 4.79 Å². The first-order chi connectivity index (χ1) is 10.0. The number of hydrogen-bond acceptors (Lipinski definition) is 3. The Hall–Kier alpha value is -1.30. The fourth-order valence-corrected chi connectivity index (χ4v) is 3.08. The van der Waals surface area contributed by atoms with Crippen LogP contribution in [0.25, 0.3) is 0 Å². The monoisotopic (exact) mass is 297 g/mol. The molecule has 2 aliphatic rings. The summed E-state index contributed by atoms with van der Waals surface area (Å²) in [7, 11) is 0. The van der Waals surface area contributed by atoms with Crippen LogP contribution in [0.15, 0.2) is 0 Å². The lowest BCUT2D eigenvalue weighted by molar-refractivity contribution is -0.144. The normalized spacial score (nSPS) is 22.7. The molecule has 6 heteroatoms. The number of carbonyl (C=O) groups excluding carboxylic acids is 1. The predicted molar refractivity (Wildman–Crippen MR) is 80.1 cm³/mol. The summed E-state index contributed by atoms with van der Waals surface area (Å²) >= 11 is 0. The Bertz CT molecular complexity index is 374. The first kappa shape index (κ1) is 16.1. The molecule has 0 aromatic rings. The molecule has 1 unspecified atom stereocenters. The Balaban J connectivity index is 1.66. The summed E-state index contributed by atoms with van der Waals surface area (Å²) in [5.74, 6) is -1.05. The highest BCUT2D eigenvalue weighted by atomic mass is 16.4. The average Bonchev–Trinajstić information content (AvgIpc) is 2.39. The van der Waals surface area contributed by atoms with E-state index in [-0.39, 0.29) is 23.9 Å². The van der Waals surface area contributed by atoms with Crippen LogP contribution < -0.4 is 5.32 Å². The van der Waals surface area contributed by atoms with E-state index < -0.39 is 5.97 Å². The van der Waals surface area contributed by atoms with Gasteiger partial charge < -0.3 is 20.2 Å². The average molecular weight is 297 g/mol. The van der Waals surface area contributed by atoms with Crippen LogP contribution in [-0.2, 0) is 4.79 Å². The lowest BCUT2D eigenvalue weighted by atomic mass is 9.87. The number of amides is 2. The molecule has 0 aromatic heterocycles. The molecule has 6 nitrogen and oxygen atoms in total. The Morgan fingerprint density at radius 2 is 1.90 bits per heavy atom. The number of carbonyl (C=O) groups is 2. The highest BCUT2D eigenvalue weighted by molar-refractivity contribution is 5.76. The fourth-order valence-electron chi connectivity index (χ4n) is 3.08. The van der Waals surface area contributed by atoms with Gasteiger partial charge in [-0.2, -0.15) is 0 Å². The van der Waals surface area contributed by atoms with Gasteiger partial charge in [-0.25, -0.2) is 4.79 Å². The second-order valence-corrected chi connectivity index (χ2v) is 6.36. The molecular formula is C15H27N3O3. The van der Waals surface area contributed by atoms with E-state index in [1.165, 1.54) is 6.42 Å². The van der Waals surface area contributed by atoms with E-state index in [0.29, 0.717) is 13.1 Å². The van der Waals surface area contributed by atoms with Crippen molar-refractivity contribution in [3.63, 3.8) is 0 Å². The van der Waals surface area contributed by atoms with Crippen LogP contribution in [-0.4, -0.2) is 65.7 Å². The number of likely N-dealkylation sites (tertiary alicyclic amines) is 2. The molecule has 2 aliphatic heterocycles. The van der Waals surface area contributed by atoms with Gasteiger partial charge in [0.25, 0.3) is 0 Å². The van der Waals surface area contributed by atoms with Gasteiger partial charge in [0.2, 0.25) is 0 Å². The number of hydrogen-bond donors (Lipinski definition) is 2. The second-order valence-electron chi connectivity index (χ2n) is 6.36. The molecule has 0 bridgehead atoms. The number of piperidine rings is 1. The van der Waals surface area contributed by atoms with Crippen LogP contribution in [0.2, 0.25) is 0 Å². The van der Waals surface area contributed by atoms with Crippen molar-refractivity contribution in [1.82, 2.24) is 15.1 Å². The summed E-state index contributed by atoms with van der Waals surface area (Å²) in [6.45, 7) is 8.27. The molecule has 0 aliphatic carbocycles. The number of rotatable bonds is 5. The topological polar surface area (TPSA) is 72.9 Å². The fraction of sp³-hybridized carbons (Fsp3) is 0.867. The third-order valence-electron chi connectivity index (χ3n) is 4.75. The third kappa shape index (κ3) is 4.09. The molecule has 0 radical (unpaired) electrons. The standard InChI is InChI=1S/C15H27N3O3/c1-3-6-17-7-4-13(5-8-17)16-15(21)18-9-12(10-18)11(2)14(19)20/h11-13H,3-10H2,1-2H3,(H,16,21)(H,19,20). The van der Waals surface area contributed by atoms with Crippen LogP contribution in [0.5, 0.6) is 0 Å². The number of urea groups is 1. The van der Waals surface area contributed by atoms with Gasteiger partial charge in [-0.1, -0.05) is 13.8 Å². The van der Waals surface area contributed by atoms with Crippen molar-refractivity contribution in [1.29, 1.82) is 0 Å². The van der Waals surface area contributed by atoms with Gasteiger partial charge in [0.05, 0.1) is 5.92 Å². The SMILES string of the molecule is CCCN1CCC(NC(=O)N2CC(C(C)C(=O)O)C2)CC1. The summed E-state index contributed by atoms with van der Waals surface area (Å²) in [6.07, 6.45) is 3.19. The maximum Gasteiger partial charge on any atom is 0.317 e. The zero-order valence-corrected chi connectivity index (χ0v) is 13.0. The highest BCUT2D eigenvalue weighted by Gasteiger charge is 2.37. The minimum atomic E-state index is -0.775. The summed E-state index contributed by atoms with van der Waals surface area (Å²) in [4.78, 5) is 27.1. The minimum Gasteiger partial charge on any atom is -0.481 e. The van der Waals surface area contributed by atoms with Crippen LogP contribution >= 0.6 is 0 Å². The second kappa shape index (κ2) is 7.11. The van der Waals surface area contributed by atoms with Crippen LogP contribution in [0.1, 0.15) is 33.1 Å². The Morgan fingerprint density at radius 3 is 2.43 bits per heavy atom. The molecule has 2 saturated heterocycles. The molecule has 2 N–H and O–H groups in total. The molecule has 0 saturated carbocycles. The summed E-state index contributed by atoms with van der Waals surface area (Å²) in [6, 6.07) is 0.235. The van der Waals surface area contributed by atoms with E-state index in [9.17, 15) is 9.59 Å². The molecule has 0 spiro atoms. The molecule has 2 amide bonds. The smallest absolute Gasteiger partial charge is 0.317 e. The van der Waals surface area contributed by atoms with Gasteiger partial charge >= 0.3 is 12.0 Å². The highest BCUT2D eigenvalue weighted by Crippen LogP contribution is 2.24.